The Bertz CT molecular complexity index is 1330. The first-order valence-electron chi connectivity index (χ1n) is 10.4. The van der Waals surface area contributed by atoms with Crippen LogP contribution in [0.3, 0.4) is 0 Å². The van der Waals surface area contributed by atoms with Gasteiger partial charge in [0.2, 0.25) is 0 Å². The summed E-state index contributed by atoms with van der Waals surface area (Å²) in [4.78, 5) is 14.4. The van der Waals surface area contributed by atoms with Crippen LogP contribution in [0.15, 0.2) is 48.5 Å². The van der Waals surface area contributed by atoms with Crippen LogP contribution < -0.4 is 24.3 Å². The molecule has 2 aromatic carbocycles. The number of ether oxygens (including phenoxy) is 4. The predicted octanol–water partition coefficient (Wildman–Crippen LogP) is 3.89. The third-order valence-corrected chi connectivity index (χ3v) is 6.65. The number of fused-ring (bicyclic) bond motifs is 2. The summed E-state index contributed by atoms with van der Waals surface area (Å²) in [6.45, 7) is 0.735. The van der Waals surface area contributed by atoms with Crippen LogP contribution >= 0.6 is 11.3 Å². The molecule has 33 heavy (non-hydrogen) atoms. The van der Waals surface area contributed by atoms with Gasteiger partial charge in [-0.25, -0.2) is 0 Å². The Labute approximate surface area is 194 Å². The minimum Gasteiger partial charge on any atom is -0.493 e. The summed E-state index contributed by atoms with van der Waals surface area (Å²) < 4.78 is 24.2. The molecule has 0 saturated heterocycles. The predicted molar refractivity (Wildman–Crippen MR) is 126 cm³/mol. The zero-order valence-corrected chi connectivity index (χ0v) is 19.3. The molecule has 1 aliphatic heterocycles. The number of amides is 1. The first-order chi connectivity index (χ1) is 16.1. The van der Waals surface area contributed by atoms with Crippen LogP contribution in [0.25, 0.3) is 21.5 Å². The van der Waals surface area contributed by atoms with Crippen LogP contribution in [0.5, 0.6) is 23.0 Å². The van der Waals surface area contributed by atoms with Gasteiger partial charge in [-0.05, 0) is 36.4 Å². The van der Waals surface area contributed by atoms with Gasteiger partial charge in [0.1, 0.15) is 23.2 Å². The van der Waals surface area contributed by atoms with E-state index in [0.29, 0.717) is 35.3 Å². The van der Waals surface area contributed by atoms with Crippen molar-refractivity contribution in [2.75, 3.05) is 27.4 Å². The highest BCUT2D eigenvalue weighted by molar-refractivity contribution is 7.20. The normalized spacial score (nSPS) is 14.8. The lowest BCUT2D eigenvalue weighted by Gasteiger charge is -2.26. The number of carbonyl (C=O) groups excluding carboxylic acids is 1. The van der Waals surface area contributed by atoms with Crippen molar-refractivity contribution in [2.24, 2.45) is 7.05 Å². The molecule has 0 radical (unpaired) electrons. The fourth-order valence-electron chi connectivity index (χ4n) is 3.81. The molecular formula is C24H23N3O5S. The summed E-state index contributed by atoms with van der Waals surface area (Å²) in [6.07, 6.45) is -0.248. The largest absolute Gasteiger partial charge is 0.493 e. The van der Waals surface area contributed by atoms with Crippen LogP contribution in [0.2, 0.25) is 0 Å². The summed E-state index contributed by atoms with van der Waals surface area (Å²) in [5.74, 6) is 2.53. The summed E-state index contributed by atoms with van der Waals surface area (Å²) >= 11 is 1.40. The number of para-hydroxylation sites is 2. The molecule has 5 rings (SSSR count). The van der Waals surface area contributed by atoms with Crippen molar-refractivity contribution in [3.05, 3.63) is 53.4 Å². The van der Waals surface area contributed by atoms with E-state index in [1.54, 1.807) is 18.9 Å². The van der Waals surface area contributed by atoms with Gasteiger partial charge in [-0.15, -0.1) is 11.3 Å². The van der Waals surface area contributed by atoms with Crippen molar-refractivity contribution in [3.8, 4) is 34.3 Å². The minimum absolute atomic E-state index is 0.156. The molecule has 0 saturated carbocycles. The maximum absolute atomic E-state index is 12.9. The second-order valence-corrected chi connectivity index (χ2v) is 8.61. The van der Waals surface area contributed by atoms with E-state index in [2.05, 4.69) is 10.4 Å². The molecule has 0 spiro atoms. The number of hydrogen-bond donors (Lipinski definition) is 1. The highest BCUT2D eigenvalue weighted by Crippen LogP contribution is 2.37. The summed E-state index contributed by atoms with van der Waals surface area (Å²) in [7, 11) is 5.07. The summed E-state index contributed by atoms with van der Waals surface area (Å²) in [6, 6.07) is 15.1. The Kier molecular flexibility index (Phi) is 5.55. The van der Waals surface area contributed by atoms with Crippen molar-refractivity contribution in [3.63, 3.8) is 0 Å². The average molecular weight is 466 g/mol. The van der Waals surface area contributed by atoms with Crippen LogP contribution in [-0.4, -0.2) is 49.2 Å². The van der Waals surface area contributed by atoms with Crippen LogP contribution in [0.4, 0.5) is 0 Å². The van der Waals surface area contributed by atoms with Gasteiger partial charge < -0.3 is 24.3 Å². The Balaban J connectivity index is 1.34. The molecular weight excluding hydrogens is 442 g/mol. The highest BCUT2D eigenvalue weighted by Gasteiger charge is 2.23. The van der Waals surface area contributed by atoms with Gasteiger partial charge >= 0.3 is 0 Å². The molecule has 4 aromatic rings. The molecule has 1 aliphatic rings. The molecule has 3 heterocycles. The Hall–Kier alpha value is -3.72. The second-order valence-electron chi connectivity index (χ2n) is 7.58. The topological polar surface area (TPSA) is 83.8 Å². The van der Waals surface area contributed by atoms with E-state index in [9.17, 15) is 4.79 Å². The number of methoxy groups -OCH3 is 2. The molecule has 170 valence electrons. The van der Waals surface area contributed by atoms with Gasteiger partial charge in [0.25, 0.3) is 5.91 Å². The SMILES string of the molecule is COc1ccc(-c2nn(C)c3sc(C(=O)NCC4COc5ccccc5O4)cc23)cc1OC. The van der Waals surface area contributed by atoms with Crippen LogP contribution in [0, 0.1) is 0 Å². The number of aromatic nitrogens is 2. The van der Waals surface area contributed by atoms with E-state index in [4.69, 9.17) is 18.9 Å². The van der Waals surface area contributed by atoms with Gasteiger partial charge in [-0.3, -0.25) is 9.48 Å². The third-order valence-electron chi connectivity index (χ3n) is 5.45. The van der Waals surface area contributed by atoms with Gasteiger partial charge in [0.15, 0.2) is 23.0 Å². The Morgan fingerprint density at radius 3 is 2.73 bits per heavy atom. The van der Waals surface area contributed by atoms with Crippen LogP contribution in [0.1, 0.15) is 9.67 Å². The van der Waals surface area contributed by atoms with Crippen LogP contribution in [-0.2, 0) is 7.05 Å². The van der Waals surface area contributed by atoms with E-state index >= 15 is 0 Å². The number of rotatable bonds is 6. The number of thiophene rings is 1. The second kappa shape index (κ2) is 8.67. The fourth-order valence-corrected chi connectivity index (χ4v) is 4.80. The molecule has 9 heteroatoms. The summed E-state index contributed by atoms with van der Waals surface area (Å²) in [5, 5.41) is 8.53. The van der Waals surface area contributed by atoms with Crippen molar-refractivity contribution in [2.45, 2.75) is 6.10 Å². The number of nitrogens with zero attached hydrogens (tertiary/aromatic N) is 2. The zero-order valence-electron chi connectivity index (χ0n) is 18.5. The van der Waals surface area contributed by atoms with Crippen molar-refractivity contribution in [1.82, 2.24) is 15.1 Å². The lowest BCUT2D eigenvalue weighted by molar-refractivity contribution is 0.0791. The lowest BCUT2D eigenvalue weighted by atomic mass is 10.1. The smallest absolute Gasteiger partial charge is 0.261 e. The van der Waals surface area contributed by atoms with Crippen molar-refractivity contribution in [1.29, 1.82) is 0 Å². The zero-order chi connectivity index (χ0) is 22.9. The number of benzene rings is 2. The van der Waals surface area contributed by atoms with E-state index in [1.165, 1.54) is 11.3 Å². The molecule has 0 fully saturated rings. The van der Waals surface area contributed by atoms with Crippen molar-refractivity contribution >= 4 is 27.5 Å². The Morgan fingerprint density at radius 1 is 1.15 bits per heavy atom. The van der Waals surface area contributed by atoms with Gasteiger partial charge in [-0.2, -0.15) is 5.10 Å². The van der Waals surface area contributed by atoms with E-state index in [1.807, 2.05) is 55.6 Å². The van der Waals surface area contributed by atoms with Crippen molar-refractivity contribution < 1.29 is 23.7 Å². The standard InChI is InChI=1S/C24H23N3O5S/c1-27-24-16(22(26-27)14-8-9-17(29-2)20(10-14)30-3)11-21(33-24)23(28)25-12-15-13-31-18-6-4-5-7-19(18)32-15/h4-11,15H,12-13H2,1-3H3,(H,25,28). The minimum atomic E-state index is -0.248. The fraction of sp³-hybridized carbons (Fsp3) is 0.250. The summed E-state index contributed by atoms with van der Waals surface area (Å²) in [5.41, 5.74) is 1.67. The van der Waals surface area contributed by atoms with Gasteiger partial charge in [0, 0.05) is 18.0 Å². The quantitative estimate of drug-likeness (QED) is 0.465. The first kappa shape index (κ1) is 21.1. The number of carbonyl (C=O) groups is 1. The maximum atomic E-state index is 12.9. The third kappa shape index (κ3) is 3.95. The number of nitrogens with one attached hydrogen (secondary N) is 1. The number of aryl methyl sites for hydroxylation is 1. The van der Waals surface area contributed by atoms with Gasteiger partial charge in [-0.1, -0.05) is 12.1 Å². The van der Waals surface area contributed by atoms with E-state index < -0.39 is 0 Å². The monoisotopic (exact) mass is 465 g/mol. The van der Waals surface area contributed by atoms with Gasteiger partial charge in [0.05, 0.1) is 25.6 Å². The average Bonchev–Trinajstić information content (AvgIpc) is 3.42. The molecule has 1 amide bonds. The molecule has 1 atom stereocenters. The highest BCUT2D eigenvalue weighted by atomic mass is 32.1. The first-order valence-corrected chi connectivity index (χ1v) is 11.2. The lowest BCUT2D eigenvalue weighted by Crippen LogP contribution is -2.40. The van der Waals surface area contributed by atoms with E-state index in [-0.39, 0.29) is 12.0 Å². The molecule has 0 bridgehead atoms. The molecule has 0 aliphatic carbocycles. The molecule has 1 N–H and O–H groups in total. The van der Waals surface area contributed by atoms with E-state index in [0.717, 1.165) is 27.2 Å². The molecule has 2 aromatic heterocycles. The number of hydrogen-bond acceptors (Lipinski definition) is 7. The Morgan fingerprint density at radius 2 is 1.94 bits per heavy atom. The molecule has 8 nitrogen and oxygen atoms in total. The molecule has 1 unspecified atom stereocenters. The maximum Gasteiger partial charge on any atom is 0.261 e.